The summed E-state index contributed by atoms with van der Waals surface area (Å²) in [5.74, 6) is 2.89. The Morgan fingerprint density at radius 1 is 1.50 bits per heavy atom. The number of hydrogen-bond acceptors (Lipinski definition) is 3. The van der Waals surface area contributed by atoms with E-state index in [1.54, 1.807) is 0 Å². The molecule has 0 saturated heterocycles. The Bertz CT molecular complexity index is 389. The highest BCUT2D eigenvalue weighted by Crippen LogP contribution is 2.38. The van der Waals surface area contributed by atoms with Gasteiger partial charge in [-0.3, -0.25) is 0 Å². The molecule has 1 aromatic rings. The van der Waals surface area contributed by atoms with Crippen molar-refractivity contribution in [2.75, 3.05) is 18.5 Å². The third-order valence-electron chi connectivity index (χ3n) is 3.71. The van der Waals surface area contributed by atoms with Crippen LogP contribution in [-0.2, 0) is 6.54 Å². The summed E-state index contributed by atoms with van der Waals surface area (Å²) in [6.45, 7) is 8.70. The summed E-state index contributed by atoms with van der Waals surface area (Å²) in [6.07, 6.45) is 3.26. The molecule has 0 aromatic carbocycles. The Hall–Kier alpha value is -1.09. The number of nitrogens with zero attached hydrogens (tertiary/aromatic N) is 2. The van der Waals surface area contributed by atoms with Gasteiger partial charge in [0.15, 0.2) is 0 Å². The van der Waals surface area contributed by atoms with Crippen molar-refractivity contribution < 1.29 is 0 Å². The first-order valence-electron chi connectivity index (χ1n) is 6.96. The summed E-state index contributed by atoms with van der Waals surface area (Å²) >= 11 is 0. The van der Waals surface area contributed by atoms with Gasteiger partial charge in [-0.05, 0) is 24.3 Å². The van der Waals surface area contributed by atoms with Crippen LogP contribution in [0.15, 0.2) is 18.3 Å². The lowest BCUT2D eigenvalue weighted by atomic mass is 10.2. The largest absolute Gasteiger partial charge is 0.359 e. The first kappa shape index (κ1) is 13.3. The van der Waals surface area contributed by atoms with E-state index in [1.807, 2.05) is 12.3 Å². The number of aromatic nitrogens is 1. The molecule has 0 radical (unpaired) electrons. The van der Waals surface area contributed by atoms with Crippen molar-refractivity contribution in [1.29, 1.82) is 0 Å². The van der Waals surface area contributed by atoms with Crippen LogP contribution < -0.4 is 10.2 Å². The molecule has 1 aliphatic rings. The summed E-state index contributed by atoms with van der Waals surface area (Å²) in [4.78, 5) is 6.86. The predicted molar refractivity (Wildman–Crippen MR) is 76.8 cm³/mol. The van der Waals surface area contributed by atoms with Crippen LogP contribution >= 0.6 is 0 Å². The Morgan fingerprint density at radius 3 is 2.83 bits per heavy atom. The van der Waals surface area contributed by atoms with Crippen LogP contribution in [0.5, 0.6) is 0 Å². The molecule has 2 rings (SSSR count). The maximum atomic E-state index is 4.55. The quantitative estimate of drug-likeness (QED) is 0.837. The van der Waals surface area contributed by atoms with Gasteiger partial charge in [0.2, 0.25) is 0 Å². The average molecular weight is 247 g/mol. The average Bonchev–Trinajstić information content (AvgIpc) is 3.02. The normalized spacial score (nSPS) is 22.3. The Morgan fingerprint density at radius 2 is 2.22 bits per heavy atom. The summed E-state index contributed by atoms with van der Waals surface area (Å²) in [7, 11) is 2.16. The fourth-order valence-corrected chi connectivity index (χ4v) is 2.32. The summed E-state index contributed by atoms with van der Waals surface area (Å²) in [5, 5.41) is 3.47. The zero-order chi connectivity index (χ0) is 13.1. The molecule has 1 heterocycles. The van der Waals surface area contributed by atoms with E-state index in [1.165, 1.54) is 12.0 Å². The van der Waals surface area contributed by atoms with E-state index in [4.69, 9.17) is 0 Å². The first-order valence-corrected chi connectivity index (χ1v) is 6.96. The van der Waals surface area contributed by atoms with Gasteiger partial charge in [0.25, 0.3) is 0 Å². The molecule has 0 spiro atoms. The van der Waals surface area contributed by atoms with E-state index in [-0.39, 0.29) is 0 Å². The summed E-state index contributed by atoms with van der Waals surface area (Å²) in [5.41, 5.74) is 1.29. The molecule has 1 aromatic heterocycles. The second-order valence-electron chi connectivity index (χ2n) is 5.88. The fraction of sp³-hybridized carbons (Fsp3) is 0.667. The van der Waals surface area contributed by atoms with E-state index >= 15 is 0 Å². The Labute approximate surface area is 111 Å². The van der Waals surface area contributed by atoms with Gasteiger partial charge >= 0.3 is 0 Å². The van der Waals surface area contributed by atoms with Crippen LogP contribution in [0.4, 0.5) is 5.82 Å². The highest BCUT2D eigenvalue weighted by atomic mass is 15.2. The fourth-order valence-electron chi connectivity index (χ4n) is 2.32. The third kappa shape index (κ3) is 3.45. The van der Waals surface area contributed by atoms with Crippen LogP contribution in [-0.4, -0.2) is 24.6 Å². The number of rotatable bonds is 6. The minimum absolute atomic E-state index is 0.506. The SMILES string of the molecule is CC(C)NCc1cccnc1N(C)CC1CC1C. The molecule has 18 heavy (non-hydrogen) atoms. The molecule has 1 fully saturated rings. The highest BCUT2D eigenvalue weighted by molar-refractivity contribution is 5.46. The van der Waals surface area contributed by atoms with E-state index in [0.29, 0.717) is 6.04 Å². The van der Waals surface area contributed by atoms with Crippen LogP contribution in [0.25, 0.3) is 0 Å². The number of pyridine rings is 1. The van der Waals surface area contributed by atoms with Crippen LogP contribution in [0.2, 0.25) is 0 Å². The third-order valence-corrected chi connectivity index (χ3v) is 3.71. The van der Waals surface area contributed by atoms with Crippen molar-refractivity contribution in [3.8, 4) is 0 Å². The van der Waals surface area contributed by atoms with E-state index in [9.17, 15) is 0 Å². The molecule has 1 saturated carbocycles. The first-order chi connectivity index (χ1) is 8.58. The maximum absolute atomic E-state index is 4.55. The molecule has 3 nitrogen and oxygen atoms in total. The van der Waals surface area contributed by atoms with Gasteiger partial charge in [0.05, 0.1) is 0 Å². The van der Waals surface area contributed by atoms with E-state index in [0.717, 1.165) is 30.7 Å². The zero-order valence-electron chi connectivity index (χ0n) is 12.0. The summed E-state index contributed by atoms with van der Waals surface area (Å²) in [6, 6.07) is 4.70. The van der Waals surface area contributed by atoms with Crippen LogP contribution in [0, 0.1) is 11.8 Å². The van der Waals surface area contributed by atoms with E-state index in [2.05, 4.69) is 49.1 Å². The number of nitrogens with one attached hydrogen (secondary N) is 1. The van der Waals surface area contributed by atoms with Crippen molar-refractivity contribution >= 4 is 5.82 Å². The molecule has 0 amide bonds. The second-order valence-corrected chi connectivity index (χ2v) is 5.88. The van der Waals surface area contributed by atoms with E-state index < -0.39 is 0 Å². The van der Waals surface area contributed by atoms with Crippen molar-refractivity contribution in [1.82, 2.24) is 10.3 Å². The molecule has 100 valence electrons. The van der Waals surface area contributed by atoms with Gasteiger partial charge in [-0.15, -0.1) is 0 Å². The van der Waals surface area contributed by atoms with Crippen molar-refractivity contribution in [3.05, 3.63) is 23.9 Å². The monoisotopic (exact) mass is 247 g/mol. The smallest absolute Gasteiger partial charge is 0.132 e. The van der Waals surface area contributed by atoms with Gasteiger partial charge in [-0.1, -0.05) is 26.8 Å². The maximum Gasteiger partial charge on any atom is 0.132 e. The minimum Gasteiger partial charge on any atom is -0.359 e. The Balaban J connectivity index is 2.01. The molecule has 1 aliphatic carbocycles. The predicted octanol–water partition coefficient (Wildman–Crippen LogP) is 2.67. The molecule has 0 aliphatic heterocycles. The van der Waals surface area contributed by atoms with Gasteiger partial charge < -0.3 is 10.2 Å². The Kier molecular flexibility index (Phi) is 4.23. The minimum atomic E-state index is 0.506. The number of anilines is 1. The second kappa shape index (κ2) is 5.70. The summed E-state index contributed by atoms with van der Waals surface area (Å²) < 4.78 is 0. The van der Waals surface area contributed by atoms with Crippen molar-refractivity contribution in [2.45, 2.75) is 39.8 Å². The van der Waals surface area contributed by atoms with Crippen LogP contribution in [0.3, 0.4) is 0 Å². The van der Waals surface area contributed by atoms with Crippen LogP contribution in [0.1, 0.15) is 32.8 Å². The lowest BCUT2D eigenvalue weighted by Gasteiger charge is -2.21. The highest BCUT2D eigenvalue weighted by Gasteiger charge is 2.33. The van der Waals surface area contributed by atoms with Gasteiger partial charge in [-0.25, -0.2) is 4.98 Å². The van der Waals surface area contributed by atoms with Gasteiger partial charge in [0.1, 0.15) is 5.82 Å². The van der Waals surface area contributed by atoms with Gasteiger partial charge in [0, 0.05) is 37.9 Å². The molecular weight excluding hydrogens is 222 g/mol. The number of hydrogen-bond donors (Lipinski definition) is 1. The molecule has 1 N–H and O–H groups in total. The lowest BCUT2D eigenvalue weighted by molar-refractivity contribution is 0.586. The zero-order valence-corrected chi connectivity index (χ0v) is 12.0. The topological polar surface area (TPSA) is 28.2 Å². The molecule has 2 atom stereocenters. The standard InChI is InChI=1S/C15H25N3/c1-11(2)17-9-13-6-5-7-16-15(13)18(4)10-14-8-12(14)3/h5-7,11-12,14,17H,8-10H2,1-4H3. The molecule has 0 bridgehead atoms. The molecule has 2 unspecified atom stereocenters. The van der Waals surface area contributed by atoms with Crippen molar-refractivity contribution in [3.63, 3.8) is 0 Å². The van der Waals surface area contributed by atoms with Crippen molar-refractivity contribution in [2.24, 2.45) is 11.8 Å². The lowest BCUT2D eigenvalue weighted by Crippen LogP contribution is -2.26. The molecule has 3 heteroatoms. The molecular formula is C15H25N3. The van der Waals surface area contributed by atoms with Gasteiger partial charge in [-0.2, -0.15) is 0 Å².